The van der Waals surface area contributed by atoms with Crippen molar-refractivity contribution in [3.05, 3.63) is 29.8 Å². The number of halogens is 2. The van der Waals surface area contributed by atoms with Crippen LogP contribution in [0.5, 0.6) is 0 Å². The molecular formula is C15H18F2N2O3. The van der Waals surface area contributed by atoms with Gasteiger partial charge in [-0.3, -0.25) is 4.79 Å². The number of anilines is 1. The van der Waals surface area contributed by atoms with Crippen LogP contribution in [0.2, 0.25) is 0 Å². The molecule has 0 aliphatic carbocycles. The average molecular weight is 312 g/mol. The Labute approximate surface area is 126 Å². The van der Waals surface area contributed by atoms with Gasteiger partial charge in [0, 0.05) is 25.6 Å². The first-order valence-electron chi connectivity index (χ1n) is 7.05. The van der Waals surface area contributed by atoms with Crippen LogP contribution in [0.15, 0.2) is 24.3 Å². The van der Waals surface area contributed by atoms with Crippen LogP contribution in [0.1, 0.15) is 25.3 Å². The quantitative estimate of drug-likeness (QED) is 0.901. The summed E-state index contributed by atoms with van der Waals surface area (Å²) in [4.78, 5) is 24.6. The minimum absolute atomic E-state index is 0.0393. The number of alkyl halides is 2. The summed E-state index contributed by atoms with van der Waals surface area (Å²) in [6, 6.07) is 5.14. The molecule has 0 bridgehead atoms. The molecule has 1 aromatic carbocycles. The van der Waals surface area contributed by atoms with Crippen molar-refractivity contribution in [1.82, 2.24) is 4.90 Å². The Balaban J connectivity index is 2.11. The van der Waals surface area contributed by atoms with Gasteiger partial charge in [-0.2, -0.15) is 0 Å². The van der Waals surface area contributed by atoms with Crippen molar-refractivity contribution in [3.8, 4) is 0 Å². The Morgan fingerprint density at radius 2 is 2.05 bits per heavy atom. The monoisotopic (exact) mass is 312 g/mol. The molecule has 2 N–H and O–H groups in total. The first-order chi connectivity index (χ1) is 10.3. The van der Waals surface area contributed by atoms with E-state index in [0.29, 0.717) is 19.4 Å². The number of carboxylic acid groups (broad SMARTS) is 1. The number of carbonyl (C=O) groups is 2. The van der Waals surface area contributed by atoms with Crippen LogP contribution >= 0.6 is 0 Å². The number of likely N-dealkylation sites (tertiary alicyclic amines) is 1. The second kappa shape index (κ2) is 6.29. The zero-order chi connectivity index (χ0) is 16.3. The number of hydrogen-bond donors (Lipinski definition) is 2. The van der Waals surface area contributed by atoms with E-state index in [4.69, 9.17) is 5.11 Å². The summed E-state index contributed by atoms with van der Waals surface area (Å²) >= 11 is 0. The van der Waals surface area contributed by atoms with Gasteiger partial charge in [-0.1, -0.05) is 18.2 Å². The summed E-state index contributed by atoms with van der Waals surface area (Å²) in [5.74, 6) is -4.63. The summed E-state index contributed by atoms with van der Waals surface area (Å²) in [7, 11) is 0. The molecule has 0 spiro atoms. The van der Waals surface area contributed by atoms with Crippen LogP contribution in [0.3, 0.4) is 0 Å². The second-order valence-electron chi connectivity index (χ2n) is 5.49. The van der Waals surface area contributed by atoms with Gasteiger partial charge in [0.15, 0.2) is 0 Å². The predicted octanol–water partition coefficient (Wildman–Crippen LogP) is 3.13. The van der Waals surface area contributed by atoms with E-state index in [2.05, 4.69) is 5.32 Å². The molecule has 1 unspecified atom stereocenters. The number of nitrogens with one attached hydrogen (secondary N) is 1. The fourth-order valence-electron chi connectivity index (χ4n) is 2.53. The third kappa shape index (κ3) is 3.72. The molecule has 1 atom stereocenters. The fraction of sp³-hybridized carbons (Fsp3) is 0.467. The van der Waals surface area contributed by atoms with Crippen molar-refractivity contribution in [2.75, 3.05) is 18.4 Å². The standard InChI is InChI=1S/C15H18F2N2O3/c1-15(16,17)11-6-2-3-7-12(11)18-14(22)19-8-4-5-10(9-19)13(20)21/h2-3,6-7,10H,4-5,8-9H2,1H3,(H,18,22)(H,20,21). The maximum atomic E-state index is 13.5. The SMILES string of the molecule is CC(F)(F)c1ccccc1NC(=O)N1CCCC(C(=O)O)C1. The largest absolute Gasteiger partial charge is 0.481 e. The number of para-hydroxylation sites is 1. The summed E-state index contributed by atoms with van der Waals surface area (Å²) in [6.45, 7) is 1.27. The number of nitrogens with zero attached hydrogens (tertiary/aromatic N) is 1. The number of urea groups is 1. The maximum Gasteiger partial charge on any atom is 0.321 e. The Bertz CT molecular complexity index is 572. The number of amides is 2. The lowest BCUT2D eigenvalue weighted by molar-refractivity contribution is -0.143. The van der Waals surface area contributed by atoms with Crippen molar-refractivity contribution < 1.29 is 23.5 Å². The molecule has 7 heteroatoms. The second-order valence-corrected chi connectivity index (χ2v) is 5.49. The van der Waals surface area contributed by atoms with Crippen LogP contribution in [-0.4, -0.2) is 35.1 Å². The Hall–Kier alpha value is -2.18. The molecule has 0 aromatic heterocycles. The van der Waals surface area contributed by atoms with Gasteiger partial charge >= 0.3 is 12.0 Å². The smallest absolute Gasteiger partial charge is 0.321 e. The van der Waals surface area contributed by atoms with E-state index in [0.717, 1.165) is 6.92 Å². The molecule has 22 heavy (non-hydrogen) atoms. The topological polar surface area (TPSA) is 69.6 Å². The minimum Gasteiger partial charge on any atom is -0.481 e. The Morgan fingerprint density at radius 1 is 1.36 bits per heavy atom. The van der Waals surface area contributed by atoms with Gasteiger partial charge in [-0.05, 0) is 18.9 Å². The summed E-state index contributed by atoms with van der Waals surface area (Å²) in [5, 5.41) is 11.5. The zero-order valence-electron chi connectivity index (χ0n) is 12.2. The van der Waals surface area contributed by atoms with Crippen LogP contribution in [0.4, 0.5) is 19.3 Å². The molecular weight excluding hydrogens is 294 g/mol. The number of carboxylic acids is 1. The highest BCUT2D eigenvalue weighted by atomic mass is 19.3. The molecule has 0 radical (unpaired) electrons. The molecule has 1 aliphatic heterocycles. The lowest BCUT2D eigenvalue weighted by Crippen LogP contribution is -2.44. The Kier molecular flexibility index (Phi) is 4.63. The van der Waals surface area contributed by atoms with E-state index in [1.807, 2.05) is 0 Å². The first-order valence-corrected chi connectivity index (χ1v) is 7.05. The van der Waals surface area contributed by atoms with Crippen LogP contribution < -0.4 is 5.32 Å². The highest BCUT2D eigenvalue weighted by molar-refractivity contribution is 5.90. The van der Waals surface area contributed by atoms with Gasteiger partial charge in [0.1, 0.15) is 0 Å². The summed E-state index contributed by atoms with van der Waals surface area (Å²) < 4.78 is 27.1. The van der Waals surface area contributed by atoms with Gasteiger partial charge in [0.05, 0.1) is 11.6 Å². The maximum absolute atomic E-state index is 13.5. The van der Waals surface area contributed by atoms with Gasteiger partial charge in [-0.25, -0.2) is 13.6 Å². The number of rotatable bonds is 3. The molecule has 1 saturated heterocycles. The molecule has 2 rings (SSSR count). The van der Waals surface area contributed by atoms with Gasteiger partial charge in [0.2, 0.25) is 0 Å². The molecule has 1 aromatic rings. The predicted molar refractivity (Wildman–Crippen MR) is 77.0 cm³/mol. The van der Waals surface area contributed by atoms with Crippen molar-refractivity contribution in [1.29, 1.82) is 0 Å². The fourth-order valence-corrected chi connectivity index (χ4v) is 2.53. The summed E-state index contributed by atoms with van der Waals surface area (Å²) in [5.41, 5.74) is -0.229. The van der Waals surface area contributed by atoms with Crippen molar-refractivity contribution >= 4 is 17.7 Å². The van der Waals surface area contributed by atoms with Crippen LogP contribution in [0.25, 0.3) is 0 Å². The number of aliphatic carboxylic acids is 1. The molecule has 2 amide bonds. The molecule has 0 saturated carbocycles. The van der Waals surface area contributed by atoms with E-state index >= 15 is 0 Å². The zero-order valence-corrected chi connectivity index (χ0v) is 12.2. The van der Waals surface area contributed by atoms with Gasteiger partial charge < -0.3 is 15.3 Å². The minimum atomic E-state index is -3.07. The average Bonchev–Trinajstić information content (AvgIpc) is 2.46. The van der Waals surface area contributed by atoms with Crippen LogP contribution in [-0.2, 0) is 10.7 Å². The third-order valence-electron chi connectivity index (χ3n) is 3.70. The molecule has 5 nitrogen and oxygen atoms in total. The number of carbonyl (C=O) groups excluding carboxylic acids is 1. The van der Waals surface area contributed by atoms with Crippen LogP contribution in [0, 0.1) is 5.92 Å². The van der Waals surface area contributed by atoms with Gasteiger partial charge in [0.25, 0.3) is 5.92 Å². The highest BCUT2D eigenvalue weighted by Crippen LogP contribution is 2.33. The normalized spacial score (nSPS) is 18.9. The van der Waals surface area contributed by atoms with E-state index in [9.17, 15) is 18.4 Å². The molecule has 1 heterocycles. The van der Waals surface area contributed by atoms with E-state index in [1.54, 1.807) is 6.07 Å². The Morgan fingerprint density at radius 3 is 2.68 bits per heavy atom. The van der Waals surface area contributed by atoms with Crippen molar-refractivity contribution in [2.24, 2.45) is 5.92 Å². The third-order valence-corrected chi connectivity index (χ3v) is 3.70. The van der Waals surface area contributed by atoms with Gasteiger partial charge in [-0.15, -0.1) is 0 Å². The lowest BCUT2D eigenvalue weighted by atomic mass is 9.99. The molecule has 120 valence electrons. The number of benzene rings is 1. The highest BCUT2D eigenvalue weighted by Gasteiger charge is 2.31. The summed E-state index contributed by atoms with van der Waals surface area (Å²) in [6.07, 6.45) is 1.10. The molecule has 1 aliphatic rings. The van der Waals surface area contributed by atoms with E-state index in [-0.39, 0.29) is 17.8 Å². The number of piperidine rings is 1. The van der Waals surface area contributed by atoms with E-state index < -0.39 is 23.8 Å². The lowest BCUT2D eigenvalue weighted by Gasteiger charge is -2.31. The van der Waals surface area contributed by atoms with E-state index in [1.165, 1.54) is 23.1 Å². The molecule has 1 fully saturated rings. The van der Waals surface area contributed by atoms with Crippen molar-refractivity contribution in [3.63, 3.8) is 0 Å². The number of hydrogen-bond acceptors (Lipinski definition) is 2. The first kappa shape index (κ1) is 16.2. The van der Waals surface area contributed by atoms with Crippen molar-refractivity contribution in [2.45, 2.75) is 25.7 Å².